The summed E-state index contributed by atoms with van der Waals surface area (Å²) >= 11 is 0. The van der Waals surface area contributed by atoms with Gasteiger partial charge in [0.2, 0.25) is 0 Å². The zero-order chi connectivity index (χ0) is 52.7. The van der Waals surface area contributed by atoms with Gasteiger partial charge < -0.3 is 18.8 Å². The summed E-state index contributed by atoms with van der Waals surface area (Å²) in [4.78, 5) is 20.3. The highest BCUT2D eigenvalue weighted by Gasteiger charge is 2.36. The van der Waals surface area contributed by atoms with Crippen molar-refractivity contribution < 1.29 is 23.1 Å². The molecule has 4 aliphatic rings. The second kappa shape index (κ2) is 36.7. The van der Waals surface area contributed by atoms with Gasteiger partial charge in [-0.25, -0.2) is 4.31 Å². The maximum Gasteiger partial charge on any atom is 0.470 e. The van der Waals surface area contributed by atoms with E-state index in [0.717, 1.165) is 17.5 Å². The molecule has 0 fully saturated rings. The van der Waals surface area contributed by atoms with Crippen molar-refractivity contribution in [3.05, 3.63) is 57.6 Å². The van der Waals surface area contributed by atoms with Crippen LogP contribution in [0.2, 0.25) is 0 Å². The Morgan fingerprint density at radius 1 is 0.431 bits per heavy atom. The zero-order valence-electron chi connectivity index (χ0n) is 49.3. The van der Waals surface area contributed by atoms with Gasteiger partial charge >= 0.3 is 17.2 Å². The van der Waals surface area contributed by atoms with Gasteiger partial charge in [-0.2, -0.15) is 0 Å². The average Bonchev–Trinajstić information content (AvgIpc) is 3.31. The molecule has 2 aromatic rings. The maximum absolute atomic E-state index is 10.1. The molecule has 4 bridgehead atoms. The summed E-state index contributed by atoms with van der Waals surface area (Å²) in [5.41, 5.74) is 7.30. The van der Waals surface area contributed by atoms with Crippen LogP contribution in [0, 0.1) is 19.3 Å². The SMILES string of the molecule is CCCCCCCCCCCCCC(CCCCCCCCCCCCC)(CCCCCCCCCCCCC)CCC1c2cc(C(C)(C)C)c(cc2C)OP(OP(O)O)Oc2cc(C)c1cc2C(C)(C)C. The average molecular weight is 1040 g/mol. The predicted molar refractivity (Wildman–Crippen MR) is 317 cm³/mol. The number of hydrogen-bond acceptors (Lipinski definition) is 5. The van der Waals surface area contributed by atoms with Crippen LogP contribution in [0.3, 0.4) is 0 Å². The van der Waals surface area contributed by atoms with E-state index in [0.29, 0.717) is 16.9 Å². The van der Waals surface area contributed by atoms with E-state index in [1.165, 1.54) is 260 Å². The Bertz CT molecular complexity index is 1560. The highest BCUT2D eigenvalue weighted by molar-refractivity contribution is 7.55. The zero-order valence-corrected chi connectivity index (χ0v) is 51.1. The minimum absolute atomic E-state index is 0.224. The molecule has 72 heavy (non-hydrogen) atoms. The summed E-state index contributed by atoms with van der Waals surface area (Å²) < 4.78 is 18.9. The fourth-order valence-corrected chi connectivity index (χ4v) is 13.3. The van der Waals surface area contributed by atoms with Crippen LogP contribution < -0.4 is 9.05 Å². The highest BCUT2D eigenvalue weighted by Crippen LogP contribution is 2.55. The normalized spacial score (nSPS) is 15.3. The summed E-state index contributed by atoms with van der Waals surface area (Å²) in [5, 5.41) is 0. The van der Waals surface area contributed by atoms with E-state index in [9.17, 15) is 9.79 Å². The Kier molecular flexibility index (Phi) is 33.2. The number of benzene rings is 2. The van der Waals surface area contributed by atoms with Gasteiger partial charge in [-0.15, -0.1) is 0 Å². The molecule has 0 saturated carbocycles. The molecule has 0 radical (unpaired) electrons. The Morgan fingerprint density at radius 2 is 0.708 bits per heavy atom. The van der Waals surface area contributed by atoms with Crippen molar-refractivity contribution in [1.29, 1.82) is 0 Å². The third kappa shape index (κ3) is 25.7. The second-order valence-electron chi connectivity index (χ2n) is 25.1. The number of aryl methyl sites for hydroxylation is 2. The van der Waals surface area contributed by atoms with Crippen LogP contribution in [0.5, 0.6) is 11.5 Å². The third-order valence-electron chi connectivity index (χ3n) is 16.5. The van der Waals surface area contributed by atoms with E-state index >= 15 is 0 Å². The Labute approximate surface area is 449 Å². The molecular weight excluding hydrogens is 923 g/mol. The molecule has 0 unspecified atom stereocenters. The van der Waals surface area contributed by atoms with Crippen molar-refractivity contribution in [2.24, 2.45) is 5.41 Å². The van der Waals surface area contributed by atoms with Gasteiger partial charge in [0.15, 0.2) is 0 Å². The molecule has 7 heteroatoms. The maximum atomic E-state index is 10.1. The van der Waals surface area contributed by atoms with E-state index in [1.807, 2.05) is 0 Å². The molecule has 5 nitrogen and oxygen atoms in total. The lowest BCUT2D eigenvalue weighted by Crippen LogP contribution is -2.24. The fraction of sp³-hybridized carbons (Fsp3) is 0.815. The van der Waals surface area contributed by atoms with Crippen LogP contribution in [-0.2, 0) is 15.1 Å². The largest absolute Gasteiger partial charge is 0.470 e. The van der Waals surface area contributed by atoms with Gasteiger partial charge in [0.05, 0.1) is 0 Å². The van der Waals surface area contributed by atoms with Gasteiger partial charge in [0.25, 0.3) is 0 Å². The van der Waals surface area contributed by atoms with Gasteiger partial charge in [0.1, 0.15) is 11.5 Å². The molecule has 2 aromatic carbocycles. The molecule has 0 amide bonds. The van der Waals surface area contributed by atoms with E-state index < -0.39 is 17.2 Å². The fourth-order valence-electron chi connectivity index (χ4n) is 11.9. The molecule has 2 N–H and O–H groups in total. The van der Waals surface area contributed by atoms with Gasteiger partial charge in [0, 0.05) is 17.0 Å². The van der Waals surface area contributed by atoms with Crippen molar-refractivity contribution in [3.8, 4) is 11.5 Å². The molecule has 4 heterocycles. The number of hydrogen-bond donors (Lipinski definition) is 2. The van der Waals surface area contributed by atoms with Gasteiger partial charge in [-0.3, -0.25) is 0 Å². The Hall–Kier alpha value is -1.22. The lowest BCUT2D eigenvalue weighted by Gasteiger charge is -2.38. The highest BCUT2D eigenvalue weighted by atomic mass is 31.2. The van der Waals surface area contributed by atoms with Crippen LogP contribution in [0.4, 0.5) is 0 Å². The Balaban J connectivity index is 2.00. The smallest absolute Gasteiger partial charge is 0.417 e. The van der Waals surface area contributed by atoms with Crippen LogP contribution in [0.15, 0.2) is 24.3 Å². The summed E-state index contributed by atoms with van der Waals surface area (Å²) in [6.07, 6.45) is 52.6. The van der Waals surface area contributed by atoms with Crippen molar-refractivity contribution >= 4 is 17.2 Å². The molecule has 0 aliphatic carbocycles. The summed E-state index contributed by atoms with van der Waals surface area (Å²) in [6, 6.07) is 9.25. The van der Waals surface area contributed by atoms with Gasteiger partial charge in [-0.1, -0.05) is 286 Å². The monoisotopic (exact) mass is 1040 g/mol. The molecule has 4 aliphatic heterocycles. The minimum atomic E-state index is -2.70. The van der Waals surface area contributed by atoms with Crippen molar-refractivity contribution in [1.82, 2.24) is 0 Å². The lowest BCUT2D eigenvalue weighted by atomic mass is 9.68. The van der Waals surface area contributed by atoms with Crippen molar-refractivity contribution in [2.45, 2.75) is 337 Å². The molecule has 0 spiro atoms. The van der Waals surface area contributed by atoms with E-state index in [2.05, 4.69) is 100 Å². The van der Waals surface area contributed by atoms with Crippen LogP contribution in [-0.4, -0.2) is 9.79 Å². The minimum Gasteiger partial charge on any atom is -0.417 e. The first-order valence-corrected chi connectivity index (χ1v) is 33.1. The topological polar surface area (TPSA) is 68.2 Å². The molecule has 416 valence electrons. The van der Waals surface area contributed by atoms with Crippen molar-refractivity contribution in [3.63, 3.8) is 0 Å². The first-order valence-electron chi connectivity index (χ1n) is 30.9. The van der Waals surface area contributed by atoms with Crippen LogP contribution in [0.1, 0.15) is 346 Å². The third-order valence-corrected chi connectivity index (χ3v) is 18.3. The van der Waals surface area contributed by atoms with E-state index in [-0.39, 0.29) is 16.7 Å². The first-order chi connectivity index (χ1) is 34.5. The van der Waals surface area contributed by atoms with Crippen LogP contribution in [0.25, 0.3) is 0 Å². The summed E-state index contributed by atoms with van der Waals surface area (Å²) in [5.74, 6) is 1.63. The van der Waals surface area contributed by atoms with E-state index in [1.54, 1.807) is 0 Å². The molecule has 0 aromatic heterocycles. The van der Waals surface area contributed by atoms with Gasteiger partial charge in [-0.05, 0) is 96.6 Å². The van der Waals surface area contributed by atoms with Crippen LogP contribution >= 0.6 is 17.2 Å². The van der Waals surface area contributed by atoms with Crippen molar-refractivity contribution in [2.75, 3.05) is 0 Å². The second-order valence-corrected chi connectivity index (χ2v) is 27.1. The molecule has 6 rings (SSSR count). The lowest BCUT2D eigenvalue weighted by molar-refractivity contribution is 0.170. The first kappa shape index (κ1) is 65.1. The molecule has 0 saturated heterocycles. The number of unbranched alkanes of at least 4 members (excludes halogenated alkanes) is 30. The molecule has 0 atom stereocenters. The Morgan fingerprint density at radius 3 is 0.972 bits per heavy atom. The standard InChI is InChI=1S/C65H116O5P2/c1-12-15-18-21-24-27-30-33-36-39-42-46-65(47-43-40-37-34-31-28-25-22-19-16-13-2,48-44-41-38-35-32-29-26-23-20-17-14-3)49-45-56-57-52-59(63(6,7)8)61(50-54(57)4)68-72(70-71(66)67)69-62-51-55(5)58(56)53-60(62)64(9,10)11/h50-53,56,66-67H,12-49H2,1-11H3. The summed E-state index contributed by atoms with van der Waals surface area (Å²) in [7, 11) is -4.85. The summed E-state index contributed by atoms with van der Waals surface area (Å²) in [6.45, 7) is 25.0. The number of rotatable bonds is 41. The van der Waals surface area contributed by atoms with E-state index in [4.69, 9.17) is 13.4 Å². The quantitative estimate of drug-likeness (QED) is 0.0513. The molecular formula is C65H116O5P2. The predicted octanol–water partition coefficient (Wildman–Crippen LogP) is 23.1.